The van der Waals surface area contributed by atoms with Crippen molar-refractivity contribution in [2.45, 2.75) is 6.92 Å². The van der Waals surface area contributed by atoms with Crippen LogP contribution in [0.5, 0.6) is 11.5 Å². The third-order valence-electron chi connectivity index (χ3n) is 4.68. The third-order valence-corrected chi connectivity index (χ3v) is 4.68. The lowest BCUT2D eigenvalue weighted by atomic mass is 10.2. The third kappa shape index (κ3) is 4.64. The number of ether oxygens (including phenoxy) is 2. The van der Waals surface area contributed by atoms with E-state index in [1.807, 2.05) is 54.3 Å². The van der Waals surface area contributed by atoms with Crippen LogP contribution < -0.4 is 19.7 Å². The number of hydrogen-bond donors (Lipinski definition) is 1. The number of nitrogens with one attached hydrogen (secondary N) is 1. The molecule has 0 atom stereocenters. The number of nitrogens with zero attached hydrogens (tertiary/aromatic N) is 2. The van der Waals surface area contributed by atoms with E-state index in [4.69, 9.17) is 9.47 Å². The molecule has 3 rings (SSSR count). The minimum Gasteiger partial charge on any atom is -0.495 e. The fourth-order valence-corrected chi connectivity index (χ4v) is 3.26. The molecule has 1 heterocycles. The van der Waals surface area contributed by atoms with Gasteiger partial charge in [-0.15, -0.1) is 0 Å². The Morgan fingerprint density at radius 3 is 2.37 bits per heavy atom. The van der Waals surface area contributed by atoms with Gasteiger partial charge in [0.1, 0.15) is 11.5 Å². The Morgan fingerprint density at radius 1 is 1.00 bits per heavy atom. The van der Waals surface area contributed by atoms with Crippen LogP contribution in [0.15, 0.2) is 48.5 Å². The minimum atomic E-state index is 0.0981. The normalized spacial score (nSPS) is 14.0. The average molecular weight is 369 g/mol. The van der Waals surface area contributed by atoms with Crippen LogP contribution in [0.4, 0.5) is 11.4 Å². The van der Waals surface area contributed by atoms with Crippen LogP contribution in [0, 0.1) is 0 Å². The summed E-state index contributed by atoms with van der Waals surface area (Å²) < 4.78 is 11.0. The summed E-state index contributed by atoms with van der Waals surface area (Å²) in [6.45, 7) is 5.79. The zero-order chi connectivity index (χ0) is 19.1. The first-order chi connectivity index (χ1) is 13.2. The number of amides is 1. The quantitative estimate of drug-likeness (QED) is 0.813. The molecule has 0 radical (unpaired) electrons. The van der Waals surface area contributed by atoms with Gasteiger partial charge in [0.2, 0.25) is 5.91 Å². The Bertz CT molecular complexity index is 758. The maximum Gasteiger partial charge on any atom is 0.241 e. The van der Waals surface area contributed by atoms with E-state index < -0.39 is 0 Å². The number of benzene rings is 2. The molecule has 27 heavy (non-hydrogen) atoms. The summed E-state index contributed by atoms with van der Waals surface area (Å²) >= 11 is 0. The average Bonchev–Trinajstić information content (AvgIpc) is 2.73. The number of rotatable bonds is 7. The Morgan fingerprint density at radius 2 is 1.67 bits per heavy atom. The van der Waals surface area contributed by atoms with Crippen LogP contribution in [0.1, 0.15) is 6.92 Å². The molecule has 1 saturated heterocycles. The zero-order valence-corrected chi connectivity index (χ0v) is 16.0. The van der Waals surface area contributed by atoms with Crippen molar-refractivity contribution in [2.75, 3.05) is 56.7 Å². The second kappa shape index (κ2) is 9.16. The number of carbonyl (C=O) groups is 1. The van der Waals surface area contributed by atoms with E-state index in [0.29, 0.717) is 19.7 Å². The van der Waals surface area contributed by atoms with Crippen LogP contribution in [-0.2, 0) is 4.79 Å². The molecule has 1 aliphatic rings. The number of piperazine rings is 1. The second-order valence-electron chi connectivity index (χ2n) is 6.32. The summed E-state index contributed by atoms with van der Waals surface area (Å²) in [5.74, 6) is 1.74. The first kappa shape index (κ1) is 18.9. The van der Waals surface area contributed by atoms with E-state index in [0.717, 1.165) is 36.0 Å². The van der Waals surface area contributed by atoms with Gasteiger partial charge in [-0.05, 0) is 31.2 Å². The summed E-state index contributed by atoms with van der Waals surface area (Å²) in [6.07, 6.45) is 0. The summed E-state index contributed by atoms with van der Waals surface area (Å²) in [5, 5.41) is 3.21. The highest BCUT2D eigenvalue weighted by Crippen LogP contribution is 2.28. The van der Waals surface area contributed by atoms with E-state index in [1.54, 1.807) is 7.11 Å². The van der Waals surface area contributed by atoms with Crippen molar-refractivity contribution in [3.05, 3.63) is 48.5 Å². The van der Waals surface area contributed by atoms with Crippen molar-refractivity contribution in [3.8, 4) is 11.5 Å². The Labute approximate surface area is 160 Å². The van der Waals surface area contributed by atoms with Gasteiger partial charge in [0, 0.05) is 26.2 Å². The van der Waals surface area contributed by atoms with Crippen LogP contribution in [0.2, 0.25) is 0 Å². The van der Waals surface area contributed by atoms with Gasteiger partial charge in [0.25, 0.3) is 0 Å². The number of hydrogen-bond acceptors (Lipinski definition) is 5. The highest BCUT2D eigenvalue weighted by molar-refractivity contribution is 5.81. The summed E-state index contributed by atoms with van der Waals surface area (Å²) in [6, 6.07) is 15.7. The first-order valence-corrected chi connectivity index (χ1v) is 9.34. The molecule has 0 spiro atoms. The van der Waals surface area contributed by atoms with E-state index in [1.165, 1.54) is 0 Å². The second-order valence-corrected chi connectivity index (χ2v) is 6.32. The molecule has 1 amide bonds. The maximum atomic E-state index is 12.6. The molecular formula is C21H27N3O3. The summed E-state index contributed by atoms with van der Waals surface area (Å²) in [5.41, 5.74) is 1.93. The number of para-hydroxylation sites is 4. The largest absolute Gasteiger partial charge is 0.495 e. The van der Waals surface area contributed by atoms with Crippen molar-refractivity contribution < 1.29 is 14.3 Å². The monoisotopic (exact) mass is 369 g/mol. The Balaban J connectivity index is 1.53. The molecule has 1 fully saturated rings. The molecule has 1 N–H and O–H groups in total. The SMILES string of the molecule is CCOc1ccccc1NCC(=O)N1CCN(c2ccccc2OC)CC1. The smallest absolute Gasteiger partial charge is 0.241 e. The standard InChI is InChI=1S/C21H27N3O3/c1-3-27-19-10-6-4-8-17(19)22-16-21(25)24-14-12-23(13-15-24)18-9-5-7-11-20(18)26-2/h4-11,22H,3,12-16H2,1-2H3. The minimum absolute atomic E-state index is 0.0981. The fourth-order valence-electron chi connectivity index (χ4n) is 3.26. The lowest BCUT2D eigenvalue weighted by Gasteiger charge is -2.36. The van der Waals surface area contributed by atoms with Crippen molar-refractivity contribution in [2.24, 2.45) is 0 Å². The molecule has 0 bridgehead atoms. The molecule has 2 aromatic rings. The Hall–Kier alpha value is -2.89. The molecule has 0 saturated carbocycles. The van der Waals surface area contributed by atoms with Crippen molar-refractivity contribution >= 4 is 17.3 Å². The molecule has 0 aliphatic carbocycles. The van der Waals surface area contributed by atoms with Gasteiger partial charge in [-0.2, -0.15) is 0 Å². The lowest BCUT2D eigenvalue weighted by molar-refractivity contribution is -0.129. The van der Waals surface area contributed by atoms with Crippen LogP contribution >= 0.6 is 0 Å². The van der Waals surface area contributed by atoms with Gasteiger partial charge in [-0.3, -0.25) is 4.79 Å². The van der Waals surface area contributed by atoms with Gasteiger partial charge >= 0.3 is 0 Å². The van der Waals surface area contributed by atoms with Crippen LogP contribution in [0.3, 0.4) is 0 Å². The highest BCUT2D eigenvalue weighted by Gasteiger charge is 2.22. The lowest BCUT2D eigenvalue weighted by Crippen LogP contribution is -2.50. The summed E-state index contributed by atoms with van der Waals surface area (Å²) in [7, 11) is 1.68. The zero-order valence-electron chi connectivity index (χ0n) is 16.0. The molecule has 0 aromatic heterocycles. The molecule has 1 aliphatic heterocycles. The van der Waals surface area contributed by atoms with Crippen molar-refractivity contribution in [1.29, 1.82) is 0 Å². The van der Waals surface area contributed by atoms with E-state index in [9.17, 15) is 4.79 Å². The van der Waals surface area contributed by atoms with Crippen molar-refractivity contribution in [3.63, 3.8) is 0 Å². The van der Waals surface area contributed by atoms with Crippen LogP contribution in [-0.4, -0.2) is 57.2 Å². The topological polar surface area (TPSA) is 54.0 Å². The molecule has 6 heteroatoms. The molecule has 144 valence electrons. The first-order valence-electron chi connectivity index (χ1n) is 9.34. The predicted octanol–water partition coefficient (Wildman–Crippen LogP) is 2.85. The van der Waals surface area contributed by atoms with Crippen LogP contribution in [0.25, 0.3) is 0 Å². The predicted molar refractivity (Wildman–Crippen MR) is 108 cm³/mol. The molecular weight excluding hydrogens is 342 g/mol. The highest BCUT2D eigenvalue weighted by atomic mass is 16.5. The number of anilines is 2. The summed E-state index contributed by atoms with van der Waals surface area (Å²) in [4.78, 5) is 16.8. The van der Waals surface area contributed by atoms with Crippen molar-refractivity contribution in [1.82, 2.24) is 4.90 Å². The van der Waals surface area contributed by atoms with Gasteiger partial charge in [-0.25, -0.2) is 0 Å². The fraction of sp³-hybridized carbons (Fsp3) is 0.381. The van der Waals surface area contributed by atoms with Gasteiger partial charge in [0.15, 0.2) is 0 Å². The Kier molecular flexibility index (Phi) is 6.41. The van der Waals surface area contributed by atoms with E-state index in [-0.39, 0.29) is 12.5 Å². The van der Waals surface area contributed by atoms with Gasteiger partial charge in [0.05, 0.1) is 31.6 Å². The van der Waals surface area contributed by atoms with E-state index >= 15 is 0 Å². The van der Waals surface area contributed by atoms with Gasteiger partial charge in [-0.1, -0.05) is 24.3 Å². The van der Waals surface area contributed by atoms with E-state index in [2.05, 4.69) is 16.3 Å². The molecule has 2 aromatic carbocycles. The number of carbonyl (C=O) groups excluding carboxylic acids is 1. The molecule has 0 unspecified atom stereocenters. The number of methoxy groups -OCH3 is 1. The molecule has 6 nitrogen and oxygen atoms in total. The van der Waals surface area contributed by atoms with Gasteiger partial charge < -0.3 is 24.6 Å². The maximum absolute atomic E-state index is 12.6.